The quantitative estimate of drug-likeness (QED) is 0.491. The highest BCUT2D eigenvalue weighted by atomic mass is 16.5. The van der Waals surface area contributed by atoms with Gasteiger partial charge in [0.15, 0.2) is 0 Å². The van der Waals surface area contributed by atoms with E-state index in [-0.39, 0.29) is 17.4 Å². The normalized spacial score (nSPS) is 15.3. The third kappa shape index (κ3) is 4.85. The third-order valence-electron chi connectivity index (χ3n) is 6.75. The van der Waals surface area contributed by atoms with Crippen molar-refractivity contribution < 1.29 is 14.3 Å². The fraction of sp³-hybridized carbons (Fsp3) is 0.444. The summed E-state index contributed by atoms with van der Waals surface area (Å²) in [5.74, 6) is 1.37. The lowest BCUT2D eigenvalue weighted by molar-refractivity contribution is -0.139. The molecule has 1 aliphatic rings. The van der Waals surface area contributed by atoms with Gasteiger partial charge in [-0.1, -0.05) is 31.4 Å². The molecule has 7 heteroatoms. The lowest BCUT2D eigenvalue weighted by Crippen LogP contribution is -2.42. The van der Waals surface area contributed by atoms with Gasteiger partial charge in [-0.2, -0.15) is 0 Å². The van der Waals surface area contributed by atoms with E-state index in [1.165, 1.54) is 6.42 Å². The van der Waals surface area contributed by atoms with Gasteiger partial charge in [0.05, 0.1) is 36.3 Å². The van der Waals surface area contributed by atoms with Crippen LogP contribution in [0.2, 0.25) is 0 Å². The summed E-state index contributed by atoms with van der Waals surface area (Å²) in [6.45, 7) is 2.81. The van der Waals surface area contributed by atoms with Crippen LogP contribution >= 0.6 is 0 Å². The molecule has 180 valence electrons. The van der Waals surface area contributed by atoms with Crippen molar-refractivity contribution in [3.8, 4) is 11.4 Å². The van der Waals surface area contributed by atoms with Crippen LogP contribution in [0.25, 0.3) is 16.6 Å². The zero-order valence-corrected chi connectivity index (χ0v) is 20.2. The highest BCUT2D eigenvalue weighted by Crippen LogP contribution is 2.30. The molecule has 0 saturated heterocycles. The Morgan fingerprint density at radius 2 is 1.79 bits per heavy atom. The summed E-state index contributed by atoms with van der Waals surface area (Å²) in [4.78, 5) is 34.1. The number of hydrogen-bond donors (Lipinski definition) is 0. The average Bonchev–Trinajstić information content (AvgIpc) is 2.89. The Hall–Kier alpha value is -3.19. The van der Waals surface area contributed by atoms with E-state index in [2.05, 4.69) is 0 Å². The van der Waals surface area contributed by atoms with Crippen molar-refractivity contribution >= 4 is 16.8 Å². The van der Waals surface area contributed by atoms with Gasteiger partial charge in [0.2, 0.25) is 5.91 Å². The number of fused-ring (bicyclic) bond motifs is 1. The average molecular weight is 464 g/mol. The number of nitrogens with zero attached hydrogens (tertiary/aromatic N) is 3. The van der Waals surface area contributed by atoms with Crippen molar-refractivity contribution in [2.45, 2.75) is 45.1 Å². The van der Waals surface area contributed by atoms with Crippen molar-refractivity contribution in [3.63, 3.8) is 0 Å². The van der Waals surface area contributed by atoms with Gasteiger partial charge < -0.3 is 14.4 Å². The number of amides is 1. The summed E-state index contributed by atoms with van der Waals surface area (Å²) in [7, 11) is 3.24. The Labute approximate surface area is 200 Å². The first-order valence-corrected chi connectivity index (χ1v) is 12.0. The molecule has 0 radical (unpaired) electrons. The predicted octanol–water partition coefficient (Wildman–Crippen LogP) is 4.51. The summed E-state index contributed by atoms with van der Waals surface area (Å²) in [5.41, 5.74) is 1.15. The zero-order valence-electron chi connectivity index (χ0n) is 20.2. The number of hydrogen-bond acceptors (Lipinski definition) is 5. The summed E-state index contributed by atoms with van der Waals surface area (Å²) in [5, 5.41) is 0.538. The number of methoxy groups -OCH3 is 2. The maximum absolute atomic E-state index is 13.7. The van der Waals surface area contributed by atoms with E-state index in [0.717, 1.165) is 25.7 Å². The van der Waals surface area contributed by atoms with Crippen molar-refractivity contribution in [2.75, 3.05) is 27.4 Å². The minimum absolute atomic E-state index is 0.00895. The number of para-hydroxylation sites is 1. The van der Waals surface area contributed by atoms with Gasteiger partial charge >= 0.3 is 0 Å². The van der Waals surface area contributed by atoms with E-state index in [4.69, 9.17) is 14.5 Å². The minimum Gasteiger partial charge on any atom is -0.497 e. The first kappa shape index (κ1) is 24.0. The van der Waals surface area contributed by atoms with Crippen LogP contribution in [0.5, 0.6) is 5.75 Å². The molecule has 0 aliphatic heterocycles. The van der Waals surface area contributed by atoms with Gasteiger partial charge in [-0.25, -0.2) is 4.98 Å². The van der Waals surface area contributed by atoms with Crippen LogP contribution in [0.1, 0.15) is 50.9 Å². The molecule has 3 aromatic rings. The molecular weight excluding hydrogens is 430 g/mol. The molecule has 0 bridgehead atoms. The van der Waals surface area contributed by atoms with Crippen molar-refractivity contribution in [2.24, 2.45) is 5.92 Å². The number of ether oxygens (including phenoxy) is 2. The summed E-state index contributed by atoms with van der Waals surface area (Å²) in [6, 6.07) is 14.3. The second-order valence-corrected chi connectivity index (χ2v) is 8.86. The van der Waals surface area contributed by atoms with Gasteiger partial charge in [0.25, 0.3) is 5.56 Å². The maximum atomic E-state index is 13.7. The molecule has 1 aromatic heterocycles. The van der Waals surface area contributed by atoms with Crippen LogP contribution in [-0.4, -0.2) is 47.7 Å². The number of carbonyl (C=O) groups is 1. The Morgan fingerprint density at radius 3 is 2.47 bits per heavy atom. The molecular formula is C27H33N3O4. The highest BCUT2D eigenvalue weighted by Gasteiger charge is 2.31. The maximum Gasteiger partial charge on any atom is 0.266 e. The molecule has 0 N–H and O–H groups in total. The highest BCUT2D eigenvalue weighted by molar-refractivity contribution is 5.80. The van der Waals surface area contributed by atoms with Gasteiger partial charge in [-0.3, -0.25) is 14.2 Å². The fourth-order valence-electron chi connectivity index (χ4n) is 4.82. The Kier molecular flexibility index (Phi) is 7.63. The molecule has 1 unspecified atom stereocenters. The molecule has 1 aliphatic carbocycles. The largest absolute Gasteiger partial charge is 0.497 e. The van der Waals surface area contributed by atoms with E-state index in [1.807, 2.05) is 54.3 Å². The van der Waals surface area contributed by atoms with Crippen LogP contribution in [0.3, 0.4) is 0 Å². The van der Waals surface area contributed by atoms with E-state index < -0.39 is 6.04 Å². The van der Waals surface area contributed by atoms with Crippen molar-refractivity contribution in [3.05, 3.63) is 64.7 Å². The van der Waals surface area contributed by atoms with E-state index in [1.54, 1.807) is 24.9 Å². The molecule has 2 aromatic carbocycles. The minimum atomic E-state index is -0.413. The Morgan fingerprint density at radius 1 is 1.09 bits per heavy atom. The molecule has 1 fully saturated rings. The van der Waals surface area contributed by atoms with Crippen LogP contribution in [0.4, 0.5) is 0 Å². The van der Waals surface area contributed by atoms with Gasteiger partial charge in [0.1, 0.15) is 11.6 Å². The first-order chi connectivity index (χ1) is 16.5. The monoisotopic (exact) mass is 463 g/mol. The summed E-state index contributed by atoms with van der Waals surface area (Å²) >= 11 is 0. The van der Waals surface area contributed by atoms with Gasteiger partial charge in [-0.05, 0) is 56.2 Å². The molecule has 7 nitrogen and oxygen atoms in total. The van der Waals surface area contributed by atoms with Gasteiger partial charge in [-0.15, -0.1) is 0 Å². The number of benzene rings is 2. The van der Waals surface area contributed by atoms with Crippen LogP contribution in [0.15, 0.2) is 53.3 Å². The van der Waals surface area contributed by atoms with Gasteiger partial charge in [0, 0.05) is 19.6 Å². The lowest BCUT2D eigenvalue weighted by atomic mass is 9.88. The SMILES string of the molecule is COCCN(C(=O)C1CCCCC1)C(C)c1nc2ccccc2c(=O)n1-c1ccc(OC)cc1. The van der Waals surface area contributed by atoms with Crippen LogP contribution in [-0.2, 0) is 9.53 Å². The summed E-state index contributed by atoms with van der Waals surface area (Å²) in [6.07, 6.45) is 5.15. The van der Waals surface area contributed by atoms with Crippen LogP contribution < -0.4 is 10.3 Å². The number of rotatable bonds is 8. The second-order valence-electron chi connectivity index (χ2n) is 8.86. The molecule has 1 saturated carbocycles. The summed E-state index contributed by atoms with van der Waals surface area (Å²) < 4.78 is 12.3. The van der Waals surface area contributed by atoms with Crippen molar-refractivity contribution in [1.82, 2.24) is 14.5 Å². The fourth-order valence-corrected chi connectivity index (χ4v) is 4.82. The molecule has 0 spiro atoms. The predicted molar refractivity (Wildman–Crippen MR) is 132 cm³/mol. The first-order valence-electron chi connectivity index (χ1n) is 12.0. The topological polar surface area (TPSA) is 73.7 Å². The molecule has 1 heterocycles. The number of aromatic nitrogens is 2. The molecule has 34 heavy (non-hydrogen) atoms. The second kappa shape index (κ2) is 10.8. The lowest BCUT2D eigenvalue weighted by Gasteiger charge is -2.34. The Bertz CT molecular complexity index is 1180. The zero-order chi connectivity index (χ0) is 24.1. The van der Waals surface area contributed by atoms with Crippen LogP contribution in [0, 0.1) is 5.92 Å². The van der Waals surface area contributed by atoms with E-state index in [9.17, 15) is 9.59 Å². The van der Waals surface area contributed by atoms with E-state index in [0.29, 0.717) is 41.3 Å². The smallest absolute Gasteiger partial charge is 0.266 e. The third-order valence-corrected chi connectivity index (χ3v) is 6.75. The molecule has 4 rings (SSSR count). The molecule has 1 amide bonds. The van der Waals surface area contributed by atoms with Crippen molar-refractivity contribution in [1.29, 1.82) is 0 Å². The van der Waals surface area contributed by atoms with E-state index >= 15 is 0 Å². The Balaban J connectivity index is 1.83. The number of carbonyl (C=O) groups excluding carboxylic acids is 1. The standard InChI is InChI=1S/C27H33N3O4/c1-19(29(17-18-33-2)26(31)20-9-5-4-6-10-20)25-28-24-12-8-7-11-23(24)27(32)30(25)21-13-15-22(34-3)16-14-21/h7-8,11-16,19-20H,4-6,9-10,17-18H2,1-3H3. The molecule has 1 atom stereocenters.